The molecule has 4 nitrogen and oxygen atoms in total. The number of rotatable bonds is 5. The lowest BCUT2D eigenvalue weighted by molar-refractivity contribution is -0.122. The monoisotopic (exact) mass is 241 g/mol. The predicted molar refractivity (Wildman–Crippen MR) is 70.7 cm³/mol. The Morgan fingerprint density at radius 3 is 2.82 bits per heavy atom. The summed E-state index contributed by atoms with van der Waals surface area (Å²) in [7, 11) is 2.14. The lowest BCUT2D eigenvalue weighted by Crippen LogP contribution is -2.45. The molecule has 0 aromatic rings. The minimum atomic E-state index is -0.351. The normalized spacial score (nSPS) is 23.7. The molecule has 0 aromatic heterocycles. The second-order valence-corrected chi connectivity index (χ2v) is 5.75. The smallest absolute Gasteiger partial charge is 0.236 e. The zero-order chi connectivity index (χ0) is 12.8. The van der Waals surface area contributed by atoms with Gasteiger partial charge in [0.15, 0.2) is 0 Å². The molecule has 2 atom stereocenters. The molecule has 1 fully saturated rings. The number of nitrogens with two attached hydrogens (primary N) is 1. The fourth-order valence-corrected chi connectivity index (χ4v) is 2.43. The number of likely N-dealkylation sites (tertiary alicyclic amines) is 1. The highest BCUT2D eigenvalue weighted by Gasteiger charge is 2.20. The van der Waals surface area contributed by atoms with Crippen molar-refractivity contribution in [2.45, 2.75) is 39.2 Å². The number of hydrogen-bond acceptors (Lipinski definition) is 3. The molecule has 100 valence electrons. The van der Waals surface area contributed by atoms with Gasteiger partial charge in [-0.25, -0.2) is 0 Å². The first kappa shape index (κ1) is 14.5. The fourth-order valence-electron chi connectivity index (χ4n) is 2.43. The van der Waals surface area contributed by atoms with E-state index in [0.29, 0.717) is 11.8 Å². The quantitative estimate of drug-likeness (QED) is 0.749. The molecule has 0 spiro atoms. The Balaban J connectivity index is 2.22. The highest BCUT2D eigenvalue weighted by atomic mass is 16.2. The van der Waals surface area contributed by atoms with Crippen molar-refractivity contribution < 1.29 is 4.79 Å². The van der Waals surface area contributed by atoms with Crippen LogP contribution < -0.4 is 11.1 Å². The summed E-state index contributed by atoms with van der Waals surface area (Å²) in [5.74, 6) is 1.06. The maximum absolute atomic E-state index is 11.8. The Kier molecular flexibility index (Phi) is 5.92. The maximum Gasteiger partial charge on any atom is 0.236 e. The molecule has 3 N–H and O–H groups in total. The van der Waals surface area contributed by atoms with E-state index in [1.807, 2.05) is 0 Å². The van der Waals surface area contributed by atoms with Gasteiger partial charge in [0.25, 0.3) is 0 Å². The number of carbonyl (C=O) groups excluding carboxylic acids is 1. The first-order valence-corrected chi connectivity index (χ1v) is 6.71. The van der Waals surface area contributed by atoms with Crippen LogP contribution in [0, 0.1) is 11.8 Å². The second-order valence-electron chi connectivity index (χ2n) is 5.75. The Morgan fingerprint density at radius 1 is 1.53 bits per heavy atom. The molecule has 0 aromatic carbocycles. The van der Waals surface area contributed by atoms with Gasteiger partial charge in [-0.2, -0.15) is 0 Å². The van der Waals surface area contributed by atoms with Crippen molar-refractivity contribution in [1.82, 2.24) is 10.2 Å². The van der Waals surface area contributed by atoms with E-state index in [-0.39, 0.29) is 11.9 Å². The van der Waals surface area contributed by atoms with Gasteiger partial charge in [0.1, 0.15) is 0 Å². The number of amides is 1. The zero-order valence-corrected chi connectivity index (χ0v) is 11.4. The first-order chi connectivity index (χ1) is 7.99. The van der Waals surface area contributed by atoms with Crippen LogP contribution >= 0.6 is 0 Å². The molecule has 0 bridgehead atoms. The maximum atomic E-state index is 11.8. The standard InChI is InChI=1S/C13H27N3O/c1-10(2)7-12(14)13(17)15-8-11-5-4-6-16(3)9-11/h10-12H,4-9,14H2,1-3H3,(H,15,17). The Hall–Kier alpha value is -0.610. The molecule has 17 heavy (non-hydrogen) atoms. The topological polar surface area (TPSA) is 58.4 Å². The van der Waals surface area contributed by atoms with E-state index in [0.717, 1.165) is 19.5 Å². The zero-order valence-electron chi connectivity index (χ0n) is 11.4. The van der Waals surface area contributed by atoms with E-state index in [2.05, 4.69) is 31.1 Å². The molecule has 1 heterocycles. The van der Waals surface area contributed by atoms with Crippen molar-refractivity contribution in [3.8, 4) is 0 Å². The van der Waals surface area contributed by atoms with Crippen molar-refractivity contribution in [1.29, 1.82) is 0 Å². The minimum absolute atomic E-state index is 0.00641. The number of nitrogens with one attached hydrogen (secondary N) is 1. The van der Waals surface area contributed by atoms with Crippen LogP contribution in [-0.2, 0) is 4.79 Å². The Labute approximate surface area is 105 Å². The minimum Gasteiger partial charge on any atom is -0.354 e. The summed E-state index contributed by atoms with van der Waals surface area (Å²) in [5, 5.41) is 2.99. The summed E-state index contributed by atoms with van der Waals surface area (Å²) in [5.41, 5.74) is 5.84. The Bertz CT molecular complexity index is 243. The summed E-state index contributed by atoms with van der Waals surface area (Å²) in [6, 6.07) is -0.351. The SMILES string of the molecule is CC(C)CC(N)C(=O)NCC1CCCN(C)C1. The van der Waals surface area contributed by atoms with Crippen molar-refractivity contribution in [2.24, 2.45) is 17.6 Å². The molecular weight excluding hydrogens is 214 g/mol. The summed E-state index contributed by atoms with van der Waals surface area (Å²) < 4.78 is 0. The average Bonchev–Trinajstić information content (AvgIpc) is 2.25. The lowest BCUT2D eigenvalue weighted by atomic mass is 9.98. The summed E-state index contributed by atoms with van der Waals surface area (Å²) in [6.07, 6.45) is 3.20. The van der Waals surface area contributed by atoms with E-state index in [1.54, 1.807) is 0 Å². The van der Waals surface area contributed by atoms with Gasteiger partial charge in [0.2, 0.25) is 5.91 Å². The van der Waals surface area contributed by atoms with E-state index in [9.17, 15) is 4.79 Å². The van der Waals surface area contributed by atoms with Gasteiger partial charge in [0, 0.05) is 13.1 Å². The van der Waals surface area contributed by atoms with Crippen LogP contribution in [0.4, 0.5) is 0 Å². The number of hydrogen-bond donors (Lipinski definition) is 2. The third-order valence-electron chi connectivity index (χ3n) is 3.35. The van der Waals surface area contributed by atoms with Crippen molar-refractivity contribution >= 4 is 5.91 Å². The molecule has 1 aliphatic rings. The molecule has 1 amide bonds. The van der Waals surface area contributed by atoms with E-state index < -0.39 is 0 Å². The molecule has 0 saturated carbocycles. The molecule has 1 rings (SSSR count). The molecule has 4 heteroatoms. The van der Waals surface area contributed by atoms with Crippen molar-refractivity contribution in [3.63, 3.8) is 0 Å². The summed E-state index contributed by atoms with van der Waals surface area (Å²) in [6.45, 7) is 7.21. The number of carbonyl (C=O) groups is 1. The van der Waals surface area contributed by atoms with Crippen LogP contribution in [0.5, 0.6) is 0 Å². The molecule has 1 aliphatic heterocycles. The van der Waals surface area contributed by atoms with E-state index in [4.69, 9.17) is 5.73 Å². The molecule has 2 unspecified atom stereocenters. The number of piperidine rings is 1. The van der Waals surface area contributed by atoms with Gasteiger partial charge in [-0.1, -0.05) is 13.8 Å². The lowest BCUT2D eigenvalue weighted by Gasteiger charge is -2.30. The van der Waals surface area contributed by atoms with E-state index in [1.165, 1.54) is 19.4 Å². The van der Waals surface area contributed by atoms with Gasteiger partial charge in [0.05, 0.1) is 6.04 Å². The molecule has 0 aliphatic carbocycles. The Morgan fingerprint density at radius 2 is 2.24 bits per heavy atom. The molecule has 0 radical (unpaired) electrons. The van der Waals surface area contributed by atoms with Gasteiger partial charge >= 0.3 is 0 Å². The highest BCUT2D eigenvalue weighted by Crippen LogP contribution is 2.14. The van der Waals surface area contributed by atoms with Gasteiger partial charge < -0.3 is 16.0 Å². The average molecular weight is 241 g/mol. The van der Waals surface area contributed by atoms with Crippen LogP contribution in [0.25, 0.3) is 0 Å². The van der Waals surface area contributed by atoms with E-state index >= 15 is 0 Å². The largest absolute Gasteiger partial charge is 0.354 e. The van der Waals surface area contributed by atoms with Crippen LogP contribution in [0.1, 0.15) is 33.1 Å². The molecule has 1 saturated heterocycles. The van der Waals surface area contributed by atoms with Crippen LogP contribution in [-0.4, -0.2) is 43.5 Å². The summed E-state index contributed by atoms with van der Waals surface area (Å²) >= 11 is 0. The fraction of sp³-hybridized carbons (Fsp3) is 0.923. The van der Waals surface area contributed by atoms with Crippen molar-refractivity contribution in [2.75, 3.05) is 26.7 Å². The van der Waals surface area contributed by atoms with Crippen LogP contribution in [0.2, 0.25) is 0 Å². The second kappa shape index (κ2) is 6.97. The highest BCUT2D eigenvalue weighted by molar-refractivity contribution is 5.81. The first-order valence-electron chi connectivity index (χ1n) is 6.71. The molecular formula is C13H27N3O. The van der Waals surface area contributed by atoms with Gasteiger partial charge in [-0.3, -0.25) is 4.79 Å². The van der Waals surface area contributed by atoms with Crippen LogP contribution in [0.3, 0.4) is 0 Å². The predicted octanol–water partition coefficient (Wildman–Crippen LogP) is 0.818. The summed E-state index contributed by atoms with van der Waals surface area (Å²) in [4.78, 5) is 14.1. The number of nitrogens with zero attached hydrogens (tertiary/aromatic N) is 1. The van der Waals surface area contributed by atoms with Gasteiger partial charge in [-0.15, -0.1) is 0 Å². The third kappa shape index (κ3) is 5.50. The van der Waals surface area contributed by atoms with Gasteiger partial charge in [-0.05, 0) is 44.7 Å². The van der Waals surface area contributed by atoms with Crippen LogP contribution in [0.15, 0.2) is 0 Å². The van der Waals surface area contributed by atoms with Crippen molar-refractivity contribution in [3.05, 3.63) is 0 Å². The third-order valence-corrected chi connectivity index (χ3v) is 3.35.